The van der Waals surface area contributed by atoms with E-state index in [-0.39, 0.29) is 0 Å². The van der Waals surface area contributed by atoms with Crippen LogP contribution in [0.2, 0.25) is 0 Å². The Kier molecular flexibility index (Phi) is 6.23. The summed E-state index contributed by atoms with van der Waals surface area (Å²) in [6.45, 7) is 6.45. The average Bonchev–Trinajstić information content (AvgIpc) is 2.29. The van der Waals surface area contributed by atoms with Crippen LogP contribution >= 0.6 is 0 Å². The van der Waals surface area contributed by atoms with Crippen LogP contribution < -0.4 is 5.32 Å². The molecule has 1 rings (SSSR count). The fourth-order valence-corrected chi connectivity index (χ4v) is 2.15. The van der Waals surface area contributed by atoms with Crippen molar-refractivity contribution in [1.29, 1.82) is 0 Å². The second-order valence-electron chi connectivity index (χ2n) is 4.87. The highest BCUT2D eigenvalue weighted by atomic mass is 15.1. The Bertz CT molecular complexity index is 320. The molecule has 0 spiro atoms. The van der Waals surface area contributed by atoms with Crippen molar-refractivity contribution in [2.75, 3.05) is 27.2 Å². The van der Waals surface area contributed by atoms with Crippen molar-refractivity contribution in [1.82, 2.24) is 10.2 Å². The molecule has 0 saturated carbocycles. The van der Waals surface area contributed by atoms with Gasteiger partial charge < -0.3 is 10.2 Å². The molecule has 0 amide bonds. The van der Waals surface area contributed by atoms with Crippen LogP contribution in [0.5, 0.6) is 0 Å². The van der Waals surface area contributed by atoms with Gasteiger partial charge in [0.05, 0.1) is 0 Å². The predicted molar refractivity (Wildman–Crippen MR) is 75.4 cm³/mol. The van der Waals surface area contributed by atoms with Crippen molar-refractivity contribution in [3.8, 4) is 0 Å². The van der Waals surface area contributed by atoms with Crippen molar-refractivity contribution < 1.29 is 0 Å². The number of nitrogens with one attached hydrogen (secondary N) is 1. The van der Waals surface area contributed by atoms with Gasteiger partial charge >= 0.3 is 0 Å². The predicted octanol–water partition coefficient (Wildman–Crippen LogP) is 2.85. The van der Waals surface area contributed by atoms with Gasteiger partial charge in [-0.1, -0.05) is 44.5 Å². The standard InChI is InChI=1S/C15H26N2/c1-5-8-13-9-7-10-14(11-13)15(16-6-2)12-17(3)4/h7,9-11,15-16H,5-6,8,12H2,1-4H3. The highest BCUT2D eigenvalue weighted by molar-refractivity contribution is 5.26. The van der Waals surface area contributed by atoms with E-state index in [1.54, 1.807) is 0 Å². The van der Waals surface area contributed by atoms with Gasteiger partial charge in [-0.2, -0.15) is 0 Å². The van der Waals surface area contributed by atoms with Crippen molar-refractivity contribution in [2.24, 2.45) is 0 Å². The molecule has 2 heteroatoms. The minimum absolute atomic E-state index is 0.437. The van der Waals surface area contributed by atoms with Gasteiger partial charge in [0.2, 0.25) is 0 Å². The fraction of sp³-hybridized carbons (Fsp3) is 0.600. The van der Waals surface area contributed by atoms with Gasteiger partial charge in [0, 0.05) is 12.6 Å². The molecule has 0 aromatic heterocycles. The maximum atomic E-state index is 3.56. The molecule has 0 aliphatic rings. The van der Waals surface area contributed by atoms with Crippen LogP contribution in [0.25, 0.3) is 0 Å². The van der Waals surface area contributed by atoms with Gasteiger partial charge in [0.25, 0.3) is 0 Å². The Balaban J connectivity index is 2.81. The highest BCUT2D eigenvalue weighted by Crippen LogP contribution is 2.16. The smallest absolute Gasteiger partial charge is 0.0449 e. The molecule has 96 valence electrons. The van der Waals surface area contributed by atoms with E-state index in [9.17, 15) is 0 Å². The molecule has 1 unspecified atom stereocenters. The lowest BCUT2D eigenvalue weighted by molar-refractivity contribution is 0.345. The number of likely N-dealkylation sites (N-methyl/N-ethyl adjacent to an activating group) is 2. The molecule has 1 aromatic carbocycles. The molecule has 1 atom stereocenters. The number of rotatable bonds is 7. The number of hydrogen-bond donors (Lipinski definition) is 1. The van der Waals surface area contributed by atoms with E-state index in [1.807, 2.05) is 0 Å². The summed E-state index contributed by atoms with van der Waals surface area (Å²) >= 11 is 0. The van der Waals surface area contributed by atoms with Gasteiger partial charge in [-0.15, -0.1) is 0 Å². The van der Waals surface area contributed by atoms with Crippen molar-refractivity contribution in [2.45, 2.75) is 32.7 Å². The van der Waals surface area contributed by atoms with Crippen LogP contribution in [-0.4, -0.2) is 32.1 Å². The van der Waals surface area contributed by atoms with Crippen LogP contribution in [-0.2, 0) is 6.42 Å². The lowest BCUT2D eigenvalue weighted by Gasteiger charge is -2.22. The fourth-order valence-electron chi connectivity index (χ4n) is 2.15. The van der Waals surface area contributed by atoms with E-state index in [2.05, 4.69) is 62.4 Å². The van der Waals surface area contributed by atoms with Crippen LogP contribution in [0.4, 0.5) is 0 Å². The van der Waals surface area contributed by atoms with E-state index in [4.69, 9.17) is 0 Å². The number of nitrogens with zero attached hydrogens (tertiary/aromatic N) is 1. The molecule has 0 aliphatic heterocycles. The molecular formula is C15H26N2. The molecule has 1 N–H and O–H groups in total. The number of hydrogen-bond acceptors (Lipinski definition) is 2. The average molecular weight is 234 g/mol. The summed E-state index contributed by atoms with van der Waals surface area (Å²) in [4.78, 5) is 2.24. The zero-order valence-electron chi connectivity index (χ0n) is 11.7. The topological polar surface area (TPSA) is 15.3 Å². The van der Waals surface area contributed by atoms with Gasteiger partial charge in [-0.3, -0.25) is 0 Å². The van der Waals surface area contributed by atoms with Gasteiger partial charge in [0.1, 0.15) is 0 Å². The van der Waals surface area contributed by atoms with Crippen molar-refractivity contribution in [3.63, 3.8) is 0 Å². The van der Waals surface area contributed by atoms with Crippen LogP contribution in [0.3, 0.4) is 0 Å². The van der Waals surface area contributed by atoms with Crippen LogP contribution in [0.15, 0.2) is 24.3 Å². The Morgan fingerprint density at radius 1 is 1.24 bits per heavy atom. The van der Waals surface area contributed by atoms with Crippen LogP contribution in [0.1, 0.15) is 37.4 Å². The summed E-state index contributed by atoms with van der Waals surface area (Å²) in [7, 11) is 4.25. The minimum Gasteiger partial charge on any atom is -0.309 e. The molecule has 0 bridgehead atoms. The molecule has 2 nitrogen and oxygen atoms in total. The second-order valence-corrected chi connectivity index (χ2v) is 4.87. The maximum absolute atomic E-state index is 3.56. The van der Waals surface area contributed by atoms with E-state index in [0.29, 0.717) is 6.04 Å². The summed E-state index contributed by atoms with van der Waals surface area (Å²) in [5.74, 6) is 0. The summed E-state index contributed by atoms with van der Waals surface area (Å²) < 4.78 is 0. The van der Waals surface area contributed by atoms with E-state index in [0.717, 1.165) is 13.1 Å². The summed E-state index contributed by atoms with van der Waals surface area (Å²) in [5, 5.41) is 3.56. The summed E-state index contributed by atoms with van der Waals surface area (Å²) in [5.41, 5.74) is 2.86. The quantitative estimate of drug-likeness (QED) is 0.780. The molecule has 0 heterocycles. The molecule has 1 aromatic rings. The Morgan fingerprint density at radius 2 is 2.00 bits per heavy atom. The van der Waals surface area contributed by atoms with E-state index in [1.165, 1.54) is 24.0 Å². The monoisotopic (exact) mass is 234 g/mol. The van der Waals surface area contributed by atoms with E-state index >= 15 is 0 Å². The first-order valence-corrected chi connectivity index (χ1v) is 6.64. The third-order valence-electron chi connectivity index (χ3n) is 2.89. The first kappa shape index (κ1) is 14.2. The molecule has 17 heavy (non-hydrogen) atoms. The van der Waals surface area contributed by atoms with Gasteiger partial charge in [-0.25, -0.2) is 0 Å². The minimum atomic E-state index is 0.437. The third-order valence-corrected chi connectivity index (χ3v) is 2.89. The molecule has 0 aliphatic carbocycles. The lowest BCUT2D eigenvalue weighted by atomic mass is 10.0. The first-order valence-electron chi connectivity index (χ1n) is 6.64. The Morgan fingerprint density at radius 3 is 2.59 bits per heavy atom. The lowest BCUT2D eigenvalue weighted by Crippen LogP contribution is -2.31. The number of benzene rings is 1. The van der Waals surface area contributed by atoms with E-state index < -0.39 is 0 Å². The summed E-state index contributed by atoms with van der Waals surface area (Å²) in [6.07, 6.45) is 2.39. The Labute approximate surface area is 106 Å². The Hall–Kier alpha value is -0.860. The zero-order chi connectivity index (χ0) is 12.7. The SMILES string of the molecule is CCCc1cccc(C(CN(C)C)NCC)c1. The van der Waals surface area contributed by atoms with Crippen LogP contribution in [0, 0.1) is 0 Å². The highest BCUT2D eigenvalue weighted by Gasteiger charge is 2.11. The normalized spacial score (nSPS) is 13.0. The molecule has 0 saturated heterocycles. The van der Waals surface area contributed by atoms with Gasteiger partial charge in [-0.05, 0) is 38.2 Å². The largest absolute Gasteiger partial charge is 0.309 e. The molecular weight excluding hydrogens is 208 g/mol. The maximum Gasteiger partial charge on any atom is 0.0449 e. The molecule has 0 fully saturated rings. The van der Waals surface area contributed by atoms with Crippen molar-refractivity contribution in [3.05, 3.63) is 35.4 Å². The number of aryl methyl sites for hydroxylation is 1. The van der Waals surface area contributed by atoms with Crippen molar-refractivity contribution >= 4 is 0 Å². The van der Waals surface area contributed by atoms with Gasteiger partial charge in [0.15, 0.2) is 0 Å². The second kappa shape index (κ2) is 7.46. The molecule has 0 radical (unpaired) electrons. The first-order chi connectivity index (χ1) is 8.17. The third kappa shape index (κ3) is 4.88. The zero-order valence-corrected chi connectivity index (χ0v) is 11.7. The summed E-state index contributed by atoms with van der Waals surface area (Å²) in [6, 6.07) is 9.43.